The summed E-state index contributed by atoms with van der Waals surface area (Å²) < 4.78 is 1.46. The summed E-state index contributed by atoms with van der Waals surface area (Å²) in [7, 11) is 0. The number of benzene rings is 1. The van der Waals surface area contributed by atoms with Crippen LogP contribution in [0.3, 0.4) is 0 Å². The third-order valence-corrected chi connectivity index (χ3v) is 4.05. The Hall–Kier alpha value is -2.18. The van der Waals surface area contributed by atoms with Crippen molar-refractivity contribution in [1.29, 1.82) is 0 Å². The molecule has 1 heterocycles. The SMILES string of the molecule is Cc1ccc(-c2nn(CC(C)C)c(=O)c(NC(CO)CO)c2C)cc1. The average Bonchev–Trinajstić information content (AvgIpc) is 2.58. The molecule has 2 rings (SSSR count). The van der Waals surface area contributed by atoms with Gasteiger partial charge < -0.3 is 15.5 Å². The van der Waals surface area contributed by atoms with Gasteiger partial charge in [-0.05, 0) is 19.8 Å². The molecule has 0 atom stereocenters. The van der Waals surface area contributed by atoms with Crippen molar-refractivity contribution < 1.29 is 10.2 Å². The lowest BCUT2D eigenvalue weighted by molar-refractivity contribution is 0.203. The predicted molar refractivity (Wildman–Crippen MR) is 99.8 cm³/mol. The number of aromatic nitrogens is 2. The van der Waals surface area contributed by atoms with Gasteiger partial charge in [0.25, 0.3) is 5.56 Å². The number of nitrogens with one attached hydrogen (secondary N) is 1. The molecule has 1 aromatic heterocycles. The van der Waals surface area contributed by atoms with Crippen molar-refractivity contribution >= 4 is 5.69 Å². The number of nitrogens with zero attached hydrogens (tertiary/aromatic N) is 2. The Labute approximate surface area is 148 Å². The number of aliphatic hydroxyl groups excluding tert-OH is 2. The molecule has 0 unspecified atom stereocenters. The largest absolute Gasteiger partial charge is 0.394 e. The Morgan fingerprint density at radius 1 is 1.12 bits per heavy atom. The second-order valence-corrected chi connectivity index (χ2v) is 6.80. The number of hydrogen-bond acceptors (Lipinski definition) is 5. The average molecular weight is 345 g/mol. The highest BCUT2D eigenvalue weighted by atomic mass is 16.3. The summed E-state index contributed by atoms with van der Waals surface area (Å²) >= 11 is 0. The molecule has 0 aliphatic heterocycles. The second-order valence-electron chi connectivity index (χ2n) is 6.80. The van der Waals surface area contributed by atoms with E-state index in [9.17, 15) is 15.0 Å². The van der Waals surface area contributed by atoms with Gasteiger partial charge in [0.1, 0.15) is 5.69 Å². The van der Waals surface area contributed by atoms with E-state index in [1.807, 2.05) is 52.0 Å². The van der Waals surface area contributed by atoms with Crippen LogP contribution in [0, 0.1) is 19.8 Å². The van der Waals surface area contributed by atoms with Gasteiger partial charge >= 0.3 is 0 Å². The zero-order valence-electron chi connectivity index (χ0n) is 15.3. The highest BCUT2D eigenvalue weighted by molar-refractivity contribution is 5.69. The molecule has 2 aromatic rings. The van der Waals surface area contributed by atoms with Crippen LogP contribution in [0.2, 0.25) is 0 Å². The molecule has 0 bridgehead atoms. The van der Waals surface area contributed by atoms with Gasteiger partial charge in [-0.15, -0.1) is 0 Å². The standard InChI is InChI=1S/C19H27N3O3/c1-12(2)9-22-19(25)18(20-16(10-23)11-24)14(4)17(21-22)15-7-5-13(3)6-8-15/h5-8,12,16,20,23-24H,9-11H2,1-4H3. The summed E-state index contributed by atoms with van der Waals surface area (Å²) in [6.45, 7) is 7.87. The summed E-state index contributed by atoms with van der Waals surface area (Å²) in [6.07, 6.45) is 0. The first-order valence-corrected chi connectivity index (χ1v) is 8.54. The van der Waals surface area contributed by atoms with E-state index in [4.69, 9.17) is 0 Å². The topological polar surface area (TPSA) is 87.4 Å². The summed E-state index contributed by atoms with van der Waals surface area (Å²) in [6, 6.07) is 7.38. The summed E-state index contributed by atoms with van der Waals surface area (Å²) in [5.74, 6) is 0.262. The lowest BCUT2D eigenvalue weighted by Gasteiger charge is -2.20. The molecule has 0 saturated carbocycles. The normalized spacial score (nSPS) is 11.4. The Kier molecular flexibility index (Phi) is 6.33. The first kappa shape index (κ1) is 19.1. The maximum Gasteiger partial charge on any atom is 0.290 e. The Morgan fingerprint density at radius 3 is 2.24 bits per heavy atom. The minimum Gasteiger partial charge on any atom is -0.394 e. The summed E-state index contributed by atoms with van der Waals surface area (Å²) in [5, 5.41) is 26.3. The van der Waals surface area contributed by atoms with Crippen LogP contribution in [0.1, 0.15) is 25.0 Å². The molecule has 0 spiro atoms. The molecule has 0 aliphatic carbocycles. The smallest absolute Gasteiger partial charge is 0.290 e. The van der Waals surface area contributed by atoms with Crippen LogP contribution in [-0.4, -0.2) is 39.2 Å². The van der Waals surface area contributed by atoms with Crippen molar-refractivity contribution in [2.45, 2.75) is 40.3 Å². The number of rotatable bonds is 7. The van der Waals surface area contributed by atoms with E-state index >= 15 is 0 Å². The van der Waals surface area contributed by atoms with Crippen molar-refractivity contribution in [1.82, 2.24) is 9.78 Å². The number of hydrogen-bond donors (Lipinski definition) is 3. The van der Waals surface area contributed by atoms with Crippen molar-refractivity contribution in [2.24, 2.45) is 5.92 Å². The van der Waals surface area contributed by atoms with Crippen molar-refractivity contribution in [3.8, 4) is 11.3 Å². The van der Waals surface area contributed by atoms with Crippen molar-refractivity contribution in [2.75, 3.05) is 18.5 Å². The number of aryl methyl sites for hydroxylation is 1. The van der Waals surface area contributed by atoms with Gasteiger partial charge in [-0.25, -0.2) is 4.68 Å². The van der Waals surface area contributed by atoms with Crippen LogP contribution < -0.4 is 10.9 Å². The highest BCUT2D eigenvalue weighted by Gasteiger charge is 2.18. The molecule has 0 fully saturated rings. The Balaban J connectivity index is 2.62. The van der Waals surface area contributed by atoms with Crippen LogP contribution in [0.15, 0.2) is 29.1 Å². The Bertz CT molecular complexity index is 763. The van der Waals surface area contributed by atoms with E-state index in [1.54, 1.807) is 0 Å². The molecule has 6 nitrogen and oxygen atoms in total. The zero-order valence-corrected chi connectivity index (χ0v) is 15.3. The molecule has 136 valence electrons. The quantitative estimate of drug-likeness (QED) is 0.714. The Morgan fingerprint density at radius 2 is 1.72 bits per heavy atom. The van der Waals surface area contributed by atoms with E-state index in [0.29, 0.717) is 17.8 Å². The molecule has 0 radical (unpaired) electrons. The molecular weight excluding hydrogens is 318 g/mol. The number of aliphatic hydroxyl groups is 2. The fourth-order valence-electron chi connectivity index (χ4n) is 2.63. The second kappa shape index (κ2) is 8.27. The molecule has 0 amide bonds. The van der Waals surface area contributed by atoms with Gasteiger partial charge in [0.05, 0.1) is 24.9 Å². The third-order valence-electron chi connectivity index (χ3n) is 4.05. The third kappa shape index (κ3) is 4.46. The van der Waals surface area contributed by atoms with Gasteiger partial charge in [0.15, 0.2) is 0 Å². The van der Waals surface area contributed by atoms with Gasteiger partial charge in [0, 0.05) is 17.7 Å². The van der Waals surface area contributed by atoms with Crippen LogP contribution in [0.5, 0.6) is 0 Å². The van der Waals surface area contributed by atoms with E-state index in [0.717, 1.165) is 16.8 Å². The molecule has 0 saturated heterocycles. The van der Waals surface area contributed by atoms with Crippen molar-refractivity contribution in [3.05, 3.63) is 45.7 Å². The molecular formula is C19H27N3O3. The lowest BCUT2D eigenvalue weighted by atomic mass is 10.0. The summed E-state index contributed by atoms with van der Waals surface area (Å²) in [4.78, 5) is 12.8. The summed E-state index contributed by atoms with van der Waals surface area (Å²) in [5.41, 5.74) is 3.63. The molecule has 6 heteroatoms. The zero-order chi connectivity index (χ0) is 18.6. The van der Waals surface area contributed by atoms with Gasteiger partial charge in [-0.2, -0.15) is 5.10 Å². The van der Waals surface area contributed by atoms with Gasteiger partial charge in [-0.3, -0.25) is 4.79 Å². The predicted octanol–water partition coefficient (Wildman–Crippen LogP) is 1.95. The molecule has 3 N–H and O–H groups in total. The minimum atomic E-state index is -0.591. The van der Waals surface area contributed by atoms with E-state index in [-0.39, 0.29) is 24.7 Å². The van der Waals surface area contributed by atoms with Crippen LogP contribution in [0.25, 0.3) is 11.3 Å². The van der Waals surface area contributed by atoms with Crippen molar-refractivity contribution in [3.63, 3.8) is 0 Å². The van der Waals surface area contributed by atoms with E-state index in [2.05, 4.69) is 10.4 Å². The maximum atomic E-state index is 12.8. The lowest BCUT2D eigenvalue weighted by Crippen LogP contribution is -2.35. The highest BCUT2D eigenvalue weighted by Crippen LogP contribution is 2.25. The number of anilines is 1. The van der Waals surface area contributed by atoms with E-state index in [1.165, 1.54) is 4.68 Å². The fourth-order valence-corrected chi connectivity index (χ4v) is 2.63. The minimum absolute atomic E-state index is 0.242. The van der Waals surface area contributed by atoms with Crippen LogP contribution >= 0.6 is 0 Å². The van der Waals surface area contributed by atoms with Crippen LogP contribution in [0.4, 0.5) is 5.69 Å². The molecule has 0 aliphatic rings. The fraction of sp³-hybridized carbons (Fsp3) is 0.474. The van der Waals surface area contributed by atoms with Crippen LogP contribution in [-0.2, 0) is 6.54 Å². The van der Waals surface area contributed by atoms with E-state index < -0.39 is 6.04 Å². The van der Waals surface area contributed by atoms with Gasteiger partial charge in [-0.1, -0.05) is 43.7 Å². The van der Waals surface area contributed by atoms with Gasteiger partial charge in [0.2, 0.25) is 0 Å². The molecule has 1 aromatic carbocycles. The molecule has 25 heavy (non-hydrogen) atoms. The maximum absolute atomic E-state index is 12.8. The first-order chi connectivity index (χ1) is 11.9. The monoisotopic (exact) mass is 345 g/mol. The first-order valence-electron chi connectivity index (χ1n) is 8.54.